The Morgan fingerprint density at radius 3 is 2.48 bits per heavy atom. The van der Waals surface area contributed by atoms with Gasteiger partial charge in [-0.3, -0.25) is 0 Å². The second kappa shape index (κ2) is 7.21. The van der Waals surface area contributed by atoms with Gasteiger partial charge in [0, 0.05) is 17.5 Å². The molecular weight excluding hydrogens is 276 g/mol. The molecule has 0 aliphatic carbocycles. The van der Waals surface area contributed by atoms with Crippen molar-refractivity contribution in [3.8, 4) is 0 Å². The number of nitrogens with one attached hydrogen (secondary N) is 1. The molecule has 3 heteroatoms. The van der Waals surface area contributed by atoms with Gasteiger partial charge in [-0.05, 0) is 63.0 Å². The zero-order valence-electron chi connectivity index (χ0n) is 13.7. The van der Waals surface area contributed by atoms with Gasteiger partial charge in [-0.1, -0.05) is 24.3 Å². The van der Waals surface area contributed by atoms with Crippen LogP contribution in [0.1, 0.15) is 40.6 Å². The molecule has 0 bridgehead atoms. The van der Waals surface area contributed by atoms with E-state index in [9.17, 15) is 0 Å². The second-order valence-electron chi connectivity index (χ2n) is 5.97. The molecule has 0 fully saturated rings. The molecule has 1 aromatic carbocycles. The summed E-state index contributed by atoms with van der Waals surface area (Å²) in [5.74, 6) is 0. The minimum absolute atomic E-state index is 0.367. The van der Waals surface area contributed by atoms with Crippen LogP contribution in [0.25, 0.3) is 0 Å². The normalized spacial score (nSPS) is 14.4. The molecule has 0 saturated heterocycles. The van der Waals surface area contributed by atoms with E-state index in [0.717, 1.165) is 6.54 Å². The molecule has 1 N–H and O–H groups in total. The summed E-state index contributed by atoms with van der Waals surface area (Å²) in [5, 5.41) is 5.83. The number of likely N-dealkylation sites (N-methyl/N-ethyl adjacent to an activating group) is 1. The van der Waals surface area contributed by atoms with Crippen molar-refractivity contribution < 1.29 is 0 Å². The van der Waals surface area contributed by atoms with Gasteiger partial charge < -0.3 is 10.2 Å². The highest BCUT2D eigenvalue weighted by atomic mass is 32.1. The van der Waals surface area contributed by atoms with Crippen LogP contribution >= 0.6 is 11.3 Å². The molecule has 2 nitrogen and oxygen atoms in total. The molecule has 2 unspecified atom stereocenters. The third kappa shape index (κ3) is 4.16. The highest BCUT2D eigenvalue weighted by Gasteiger charge is 2.16. The van der Waals surface area contributed by atoms with Crippen LogP contribution in [0.15, 0.2) is 35.7 Å². The van der Waals surface area contributed by atoms with Gasteiger partial charge in [0.25, 0.3) is 0 Å². The van der Waals surface area contributed by atoms with Crippen LogP contribution in [0.4, 0.5) is 0 Å². The van der Waals surface area contributed by atoms with E-state index in [2.05, 4.69) is 80.8 Å². The summed E-state index contributed by atoms with van der Waals surface area (Å²) in [4.78, 5) is 3.70. The first kappa shape index (κ1) is 16.2. The van der Waals surface area contributed by atoms with E-state index in [1.54, 1.807) is 0 Å². The van der Waals surface area contributed by atoms with Crippen molar-refractivity contribution >= 4 is 11.3 Å². The summed E-state index contributed by atoms with van der Waals surface area (Å²) in [6.45, 7) is 7.54. The van der Waals surface area contributed by atoms with Gasteiger partial charge >= 0.3 is 0 Å². The van der Waals surface area contributed by atoms with E-state index >= 15 is 0 Å². The summed E-state index contributed by atoms with van der Waals surface area (Å²) in [7, 11) is 4.29. The van der Waals surface area contributed by atoms with E-state index in [4.69, 9.17) is 0 Å². The van der Waals surface area contributed by atoms with Crippen molar-refractivity contribution in [2.45, 2.75) is 32.9 Å². The lowest BCUT2D eigenvalue weighted by Gasteiger charge is -2.26. The van der Waals surface area contributed by atoms with Crippen molar-refractivity contribution in [1.29, 1.82) is 0 Å². The van der Waals surface area contributed by atoms with Gasteiger partial charge in [0.05, 0.1) is 6.04 Å². The fourth-order valence-corrected chi connectivity index (χ4v) is 3.38. The molecule has 2 rings (SSSR count). The highest BCUT2D eigenvalue weighted by molar-refractivity contribution is 7.10. The number of aryl methyl sites for hydroxylation is 2. The first-order valence-electron chi connectivity index (χ1n) is 7.49. The second-order valence-corrected chi connectivity index (χ2v) is 6.95. The van der Waals surface area contributed by atoms with E-state index in [1.807, 2.05) is 11.3 Å². The SMILES string of the molecule is Cc1ccc(C(C)NCC(c2cccs2)N(C)C)cc1C. The van der Waals surface area contributed by atoms with Crippen LogP contribution in [0.3, 0.4) is 0 Å². The average Bonchev–Trinajstić information content (AvgIpc) is 2.95. The van der Waals surface area contributed by atoms with Gasteiger partial charge in [-0.15, -0.1) is 11.3 Å². The van der Waals surface area contributed by atoms with Crippen LogP contribution in [-0.2, 0) is 0 Å². The van der Waals surface area contributed by atoms with Crippen LogP contribution in [0, 0.1) is 13.8 Å². The van der Waals surface area contributed by atoms with Gasteiger partial charge in [0.15, 0.2) is 0 Å². The van der Waals surface area contributed by atoms with Crippen molar-refractivity contribution in [3.63, 3.8) is 0 Å². The first-order chi connectivity index (χ1) is 9.99. The Kier molecular flexibility index (Phi) is 5.57. The molecular formula is C18H26N2S. The smallest absolute Gasteiger partial charge is 0.0561 e. The maximum Gasteiger partial charge on any atom is 0.0561 e. The van der Waals surface area contributed by atoms with Crippen LogP contribution in [0.5, 0.6) is 0 Å². The van der Waals surface area contributed by atoms with Crippen LogP contribution in [-0.4, -0.2) is 25.5 Å². The maximum absolute atomic E-state index is 3.68. The minimum Gasteiger partial charge on any atom is -0.308 e. The molecule has 0 aliphatic rings. The lowest BCUT2D eigenvalue weighted by molar-refractivity contribution is 0.285. The van der Waals surface area contributed by atoms with E-state index in [1.165, 1.54) is 21.6 Å². The maximum atomic E-state index is 3.68. The Bertz CT molecular complexity index is 561. The molecule has 1 aromatic heterocycles. The molecule has 0 amide bonds. The average molecular weight is 302 g/mol. The molecule has 0 saturated carbocycles. The summed E-state index contributed by atoms with van der Waals surface area (Å²) < 4.78 is 0. The van der Waals surface area contributed by atoms with Gasteiger partial charge in [0.2, 0.25) is 0 Å². The third-order valence-corrected chi connectivity index (χ3v) is 5.12. The standard InChI is InChI=1S/C18H26N2S/c1-13-8-9-16(11-14(13)2)15(3)19-12-17(20(4)5)18-7-6-10-21-18/h6-11,15,17,19H,12H2,1-5H3. The molecule has 0 spiro atoms. The fraction of sp³-hybridized carbons (Fsp3) is 0.444. The number of hydrogen-bond acceptors (Lipinski definition) is 3. The number of benzene rings is 1. The molecule has 21 heavy (non-hydrogen) atoms. The third-order valence-electron chi connectivity index (χ3n) is 4.14. The molecule has 2 atom stereocenters. The Labute approximate surface area is 132 Å². The fourth-order valence-electron chi connectivity index (χ4n) is 2.46. The van der Waals surface area contributed by atoms with Crippen molar-refractivity contribution in [3.05, 3.63) is 57.3 Å². The monoisotopic (exact) mass is 302 g/mol. The molecule has 1 heterocycles. The molecule has 114 valence electrons. The van der Waals surface area contributed by atoms with Crippen molar-refractivity contribution in [2.24, 2.45) is 0 Å². The molecule has 2 aromatic rings. The zero-order chi connectivity index (χ0) is 15.4. The number of hydrogen-bond donors (Lipinski definition) is 1. The minimum atomic E-state index is 0.367. The lowest BCUT2D eigenvalue weighted by Crippen LogP contribution is -2.32. The summed E-state index contributed by atoms with van der Waals surface area (Å²) in [6.07, 6.45) is 0. The predicted octanol–water partition coefficient (Wildman–Crippen LogP) is 4.32. The Balaban J connectivity index is 2.01. The van der Waals surface area contributed by atoms with Crippen LogP contribution in [0.2, 0.25) is 0 Å². The Hall–Kier alpha value is -1.16. The largest absolute Gasteiger partial charge is 0.308 e. The number of thiophene rings is 1. The van der Waals surface area contributed by atoms with Gasteiger partial charge in [0.1, 0.15) is 0 Å². The first-order valence-corrected chi connectivity index (χ1v) is 8.37. The van der Waals surface area contributed by atoms with Gasteiger partial charge in [-0.25, -0.2) is 0 Å². The number of rotatable bonds is 6. The topological polar surface area (TPSA) is 15.3 Å². The van der Waals surface area contributed by atoms with Crippen LogP contribution < -0.4 is 5.32 Å². The lowest BCUT2D eigenvalue weighted by atomic mass is 10.0. The van der Waals surface area contributed by atoms with E-state index < -0.39 is 0 Å². The number of nitrogens with zero attached hydrogens (tertiary/aromatic N) is 1. The predicted molar refractivity (Wildman–Crippen MR) is 93.1 cm³/mol. The summed E-state index contributed by atoms with van der Waals surface area (Å²) in [5.41, 5.74) is 4.08. The summed E-state index contributed by atoms with van der Waals surface area (Å²) >= 11 is 1.83. The highest BCUT2D eigenvalue weighted by Crippen LogP contribution is 2.24. The summed E-state index contributed by atoms with van der Waals surface area (Å²) in [6, 6.07) is 11.9. The Morgan fingerprint density at radius 1 is 1.14 bits per heavy atom. The van der Waals surface area contributed by atoms with Crippen molar-refractivity contribution in [2.75, 3.05) is 20.6 Å². The molecule has 0 aliphatic heterocycles. The zero-order valence-corrected chi connectivity index (χ0v) is 14.5. The molecule has 0 radical (unpaired) electrons. The Morgan fingerprint density at radius 2 is 1.90 bits per heavy atom. The van der Waals surface area contributed by atoms with E-state index in [0.29, 0.717) is 12.1 Å². The van der Waals surface area contributed by atoms with E-state index in [-0.39, 0.29) is 0 Å². The van der Waals surface area contributed by atoms with Crippen molar-refractivity contribution in [1.82, 2.24) is 10.2 Å². The van der Waals surface area contributed by atoms with Gasteiger partial charge in [-0.2, -0.15) is 0 Å². The quantitative estimate of drug-likeness (QED) is 0.855.